The molecular formula is C14H18O3. The van der Waals surface area contributed by atoms with E-state index in [1.807, 2.05) is 32.0 Å². The fourth-order valence-corrected chi connectivity index (χ4v) is 2.01. The topological polar surface area (TPSA) is 35.5 Å². The lowest BCUT2D eigenvalue weighted by molar-refractivity contribution is -0.109. The minimum atomic E-state index is -0.0767. The zero-order valence-electron chi connectivity index (χ0n) is 10.3. The second-order valence-corrected chi connectivity index (χ2v) is 4.66. The van der Waals surface area contributed by atoms with Crippen molar-refractivity contribution >= 4 is 6.29 Å². The van der Waals surface area contributed by atoms with Crippen molar-refractivity contribution in [3.05, 3.63) is 23.8 Å². The largest absolute Gasteiger partial charge is 0.490 e. The monoisotopic (exact) mass is 234 g/mol. The lowest BCUT2D eigenvalue weighted by Gasteiger charge is -2.16. The van der Waals surface area contributed by atoms with E-state index in [-0.39, 0.29) is 11.8 Å². The molecule has 1 aliphatic heterocycles. The van der Waals surface area contributed by atoms with E-state index in [1.54, 1.807) is 0 Å². The van der Waals surface area contributed by atoms with Crippen LogP contribution in [0.5, 0.6) is 11.5 Å². The maximum absolute atomic E-state index is 11.1. The van der Waals surface area contributed by atoms with E-state index in [0.717, 1.165) is 29.8 Å². The van der Waals surface area contributed by atoms with Crippen LogP contribution < -0.4 is 9.47 Å². The molecule has 0 N–H and O–H groups in total. The van der Waals surface area contributed by atoms with E-state index in [9.17, 15) is 4.79 Å². The number of hydrogen-bond acceptors (Lipinski definition) is 3. The standard InChI is InChI=1S/C14H18O3/c1-10(2)12(9-15)11-4-5-13-14(8-11)17-7-3-6-16-13/h4-5,8-10,12H,3,6-7H2,1-2H3. The highest BCUT2D eigenvalue weighted by Crippen LogP contribution is 2.34. The SMILES string of the molecule is CC(C)C(C=O)c1ccc2c(c1)OCCCO2. The Morgan fingerprint density at radius 3 is 2.53 bits per heavy atom. The van der Waals surface area contributed by atoms with Gasteiger partial charge in [-0.15, -0.1) is 0 Å². The first-order chi connectivity index (χ1) is 8.22. The molecule has 0 saturated heterocycles. The Labute approximate surface area is 102 Å². The number of aldehydes is 1. The molecule has 0 amide bonds. The molecule has 2 rings (SSSR count). The molecule has 1 atom stereocenters. The van der Waals surface area contributed by atoms with Crippen molar-refractivity contribution in [2.45, 2.75) is 26.2 Å². The molecule has 0 radical (unpaired) electrons. The van der Waals surface area contributed by atoms with Crippen molar-refractivity contribution in [2.75, 3.05) is 13.2 Å². The number of rotatable bonds is 3. The summed E-state index contributed by atoms with van der Waals surface area (Å²) in [5.41, 5.74) is 0.999. The summed E-state index contributed by atoms with van der Waals surface area (Å²) in [5, 5.41) is 0. The van der Waals surface area contributed by atoms with Gasteiger partial charge in [-0.05, 0) is 23.6 Å². The maximum Gasteiger partial charge on any atom is 0.161 e. The van der Waals surface area contributed by atoms with Crippen LogP contribution in [0.2, 0.25) is 0 Å². The summed E-state index contributed by atoms with van der Waals surface area (Å²) in [6.45, 7) is 5.45. The van der Waals surface area contributed by atoms with Crippen molar-refractivity contribution in [1.82, 2.24) is 0 Å². The number of hydrogen-bond donors (Lipinski definition) is 0. The minimum Gasteiger partial charge on any atom is -0.490 e. The Kier molecular flexibility index (Phi) is 3.67. The molecule has 1 aromatic carbocycles. The molecule has 0 aliphatic carbocycles. The summed E-state index contributed by atoms with van der Waals surface area (Å²) in [7, 11) is 0. The van der Waals surface area contributed by atoms with Gasteiger partial charge in [-0.25, -0.2) is 0 Å². The Balaban J connectivity index is 2.31. The highest BCUT2D eigenvalue weighted by molar-refractivity contribution is 5.64. The highest BCUT2D eigenvalue weighted by atomic mass is 16.5. The first kappa shape index (κ1) is 12.0. The second-order valence-electron chi connectivity index (χ2n) is 4.66. The van der Waals surface area contributed by atoms with Gasteiger partial charge < -0.3 is 14.3 Å². The van der Waals surface area contributed by atoms with Gasteiger partial charge in [0, 0.05) is 12.3 Å². The number of benzene rings is 1. The van der Waals surface area contributed by atoms with Crippen LogP contribution in [0.4, 0.5) is 0 Å². The van der Waals surface area contributed by atoms with Crippen LogP contribution in [-0.4, -0.2) is 19.5 Å². The smallest absolute Gasteiger partial charge is 0.161 e. The van der Waals surface area contributed by atoms with Crippen LogP contribution in [0, 0.1) is 5.92 Å². The van der Waals surface area contributed by atoms with Crippen molar-refractivity contribution in [3.8, 4) is 11.5 Å². The van der Waals surface area contributed by atoms with Gasteiger partial charge in [0.1, 0.15) is 6.29 Å². The number of ether oxygens (including phenoxy) is 2. The zero-order valence-corrected chi connectivity index (χ0v) is 10.3. The Hall–Kier alpha value is -1.51. The zero-order chi connectivity index (χ0) is 12.3. The van der Waals surface area contributed by atoms with Crippen LogP contribution in [-0.2, 0) is 4.79 Å². The van der Waals surface area contributed by atoms with Gasteiger partial charge in [0.25, 0.3) is 0 Å². The number of carbonyl (C=O) groups excluding carboxylic acids is 1. The molecule has 1 unspecified atom stereocenters. The van der Waals surface area contributed by atoms with E-state index in [0.29, 0.717) is 13.2 Å². The van der Waals surface area contributed by atoms with Crippen LogP contribution in [0.15, 0.2) is 18.2 Å². The molecule has 92 valence electrons. The van der Waals surface area contributed by atoms with E-state index >= 15 is 0 Å². The first-order valence-electron chi connectivity index (χ1n) is 6.07. The van der Waals surface area contributed by atoms with Gasteiger partial charge in [-0.2, -0.15) is 0 Å². The molecule has 3 nitrogen and oxygen atoms in total. The predicted molar refractivity (Wildman–Crippen MR) is 65.7 cm³/mol. The summed E-state index contributed by atoms with van der Waals surface area (Å²) in [6.07, 6.45) is 1.90. The Morgan fingerprint density at radius 2 is 1.88 bits per heavy atom. The number of carbonyl (C=O) groups is 1. The summed E-state index contributed by atoms with van der Waals surface area (Å²) < 4.78 is 11.2. The van der Waals surface area contributed by atoms with E-state index < -0.39 is 0 Å². The van der Waals surface area contributed by atoms with Gasteiger partial charge in [0.05, 0.1) is 13.2 Å². The summed E-state index contributed by atoms with van der Waals surface area (Å²) >= 11 is 0. The Morgan fingerprint density at radius 1 is 1.18 bits per heavy atom. The average Bonchev–Trinajstić information content (AvgIpc) is 2.54. The van der Waals surface area contributed by atoms with Gasteiger partial charge in [-0.3, -0.25) is 0 Å². The van der Waals surface area contributed by atoms with E-state index in [4.69, 9.17) is 9.47 Å². The fraction of sp³-hybridized carbons (Fsp3) is 0.500. The lowest BCUT2D eigenvalue weighted by Crippen LogP contribution is -2.08. The van der Waals surface area contributed by atoms with Gasteiger partial charge in [0.2, 0.25) is 0 Å². The van der Waals surface area contributed by atoms with Crippen molar-refractivity contribution in [1.29, 1.82) is 0 Å². The molecule has 0 aromatic heterocycles. The highest BCUT2D eigenvalue weighted by Gasteiger charge is 2.18. The fourth-order valence-electron chi connectivity index (χ4n) is 2.01. The predicted octanol–water partition coefficient (Wildman–Crippen LogP) is 2.79. The molecule has 3 heteroatoms. The van der Waals surface area contributed by atoms with Crippen LogP contribution >= 0.6 is 0 Å². The molecule has 1 aliphatic rings. The van der Waals surface area contributed by atoms with Crippen molar-refractivity contribution in [2.24, 2.45) is 5.92 Å². The van der Waals surface area contributed by atoms with E-state index in [1.165, 1.54) is 0 Å². The van der Waals surface area contributed by atoms with Crippen molar-refractivity contribution < 1.29 is 14.3 Å². The quantitative estimate of drug-likeness (QED) is 0.754. The van der Waals surface area contributed by atoms with Crippen LogP contribution in [0.3, 0.4) is 0 Å². The normalized spacial score (nSPS) is 16.4. The lowest BCUT2D eigenvalue weighted by atomic mass is 9.89. The van der Waals surface area contributed by atoms with Crippen LogP contribution in [0.25, 0.3) is 0 Å². The van der Waals surface area contributed by atoms with Crippen molar-refractivity contribution in [3.63, 3.8) is 0 Å². The molecule has 0 bridgehead atoms. The molecular weight excluding hydrogens is 216 g/mol. The average molecular weight is 234 g/mol. The summed E-state index contributed by atoms with van der Waals surface area (Å²) in [5.74, 6) is 1.75. The van der Waals surface area contributed by atoms with E-state index in [2.05, 4.69) is 0 Å². The van der Waals surface area contributed by atoms with Gasteiger partial charge >= 0.3 is 0 Å². The second kappa shape index (κ2) is 5.21. The van der Waals surface area contributed by atoms with Crippen LogP contribution in [0.1, 0.15) is 31.7 Å². The Bertz CT molecular complexity index is 398. The summed E-state index contributed by atoms with van der Waals surface area (Å²) in [6, 6.07) is 5.78. The van der Waals surface area contributed by atoms with Gasteiger partial charge in [-0.1, -0.05) is 19.9 Å². The minimum absolute atomic E-state index is 0.0767. The molecule has 0 fully saturated rings. The first-order valence-corrected chi connectivity index (χ1v) is 6.07. The third kappa shape index (κ3) is 2.60. The maximum atomic E-state index is 11.1. The van der Waals surface area contributed by atoms with Gasteiger partial charge in [0.15, 0.2) is 11.5 Å². The molecule has 1 aromatic rings. The molecule has 0 saturated carbocycles. The third-order valence-corrected chi connectivity index (χ3v) is 3.02. The third-order valence-electron chi connectivity index (χ3n) is 3.02. The summed E-state index contributed by atoms with van der Waals surface area (Å²) in [4.78, 5) is 11.1. The molecule has 17 heavy (non-hydrogen) atoms. The molecule has 0 spiro atoms. The number of fused-ring (bicyclic) bond motifs is 1. The molecule has 1 heterocycles.